The van der Waals surface area contributed by atoms with Crippen molar-refractivity contribution in [3.8, 4) is 0 Å². The molecule has 4 nitrogen and oxygen atoms in total. The van der Waals surface area contributed by atoms with Crippen molar-refractivity contribution < 1.29 is 9.90 Å². The predicted octanol–water partition coefficient (Wildman–Crippen LogP) is 1.63. The van der Waals surface area contributed by atoms with Crippen LogP contribution in [0.2, 0.25) is 0 Å². The second kappa shape index (κ2) is 6.66. The van der Waals surface area contributed by atoms with E-state index in [-0.39, 0.29) is 12.0 Å². The van der Waals surface area contributed by atoms with Gasteiger partial charge in [0.25, 0.3) is 0 Å². The Morgan fingerprint density at radius 1 is 1.53 bits per heavy atom. The van der Waals surface area contributed by atoms with Crippen LogP contribution >= 0.6 is 0 Å². The summed E-state index contributed by atoms with van der Waals surface area (Å²) in [7, 11) is 0. The van der Waals surface area contributed by atoms with E-state index in [4.69, 9.17) is 0 Å². The maximum atomic E-state index is 12.1. The minimum atomic E-state index is -0.212. The summed E-state index contributed by atoms with van der Waals surface area (Å²) >= 11 is 0. The maximum Gasteiger partial charge on any atom is 0.227 e. The third kappa shape index (κ3) is 3.77. The zero-order chi connectivity index (χ0) is 13.7. The lowest BCUT2D eigenvalue weighted by atomic mass is 9.90. The number of aromatic nitrogens is 1. The van der Waals surface area contributed by atoms with Crippen molar-refractivity contribution in [2.24, 2.45) is 5.92 Å². The van der Waals surface area contributed by atoms with Gasteiger partial charge in [0.15, 0.2) is 0 Å². The highest BCUT2D eigenvalue weighted by molar-refractivity contribution is 5.78. The number of likely N-dealkylation sites (tertiary alicyclic amines) is 1. The Kier molecular flexibility index (Phi) is 4.91. The van der Waals surface area contributed by atoms with Crippen LogP contribution in [0.15, 0.2) is 24.5 Å². The summed E-state index contributed by atoms with van der Waals surface area (Å²) in [6.45, 7) is 3.53. The molecule has 1 aromatic heterocycles. The van der Waals surface area contributed by atoms with Crippen LogP contribution in [0.5, 0.6) is 0 Å². The monoisotopic (exact) mass is 262 g/mol. The molecule has 1 aliphatic rings. The van der Waals surface area contributed by atoms with E-state index in [0.29, 0.717) is 12.3 Å². The molecule has 1 saturated heterocycles. The summed E-state index contributed by atoms with van der Waals surface area (Å²) in [6.07, 6.45) is 6.29. The molecule has 1 amide bonds. The first-order chi connectivity index (χ1) is 9.20. The van der Waals surface area contributed by atoms with Crippen LogP contribution in [0.25, 0.3) is 0 Å². The van der Waals surface area contributed by atoms with Gasteiger partial charge in [-0.3, -0.25) is 9.78 Å². The lowest BCUT2D eigenvalue weighted by molar-refractivity contribution is -0.132. The number of piperidine rings is 1. The van der Waals surface area contributed by atoms with Gasteiger partial charge in [-0.15, -0.1) is 0 Å². The molecule has 4 heteroatoms. The number of nitrogens with zero attached hydrogens (tertiary/aromatic N) is 2. The van der Waals surface area contributed by atoms with Crippen LogP contribution in [0, 0.1) is 5.92 Å². The lowest BCUT2D eigenvalue weighted by Crippen LogP contribution is -2.41. The number of pyridine rings is 1. The molecule has 104 valence electrons. The van der Waals surface area contributed by atoms with E-state index in [1.807, 2.05) is 24.0 Å². The predicted molar refractivity (Wildman–Crippen MR) is 73.5 cm³/mol. The summed E-state index contributed by atoms with van der Waals surface area (Å²) in [6, 6.07) is 3.78. The smallest absolute Gasteiger partial charge is 0.227 e. The molecule has 0 aliphatic carbocycles. The average molecular weight is 262 g/mol. The van der Waals surface area contributed by atoms with Gasteiger partial charge in [-0.2, -0.15) is 0 Å². The SMILES string of the molecule is CCC(O)C1CCN(C(=O)Cc2cccnc2)CC1. The summed E-state index contributed by atoms with van der Waals surface area (Å²) in [4.78, 5) is 18.1. The third-order valence-corrected chi connectivity index (χ3v) is 3.93. The van der Waals surface area contributed by atoms with Gasteiger partial charge >= 0.3 is 0 Å². The van der Waals surface area contributed by atoms with E-state index in [1.165, 1.54) is 0 Å². The second-order valence-corrected chi connectivity index (χ2v) is 5.23. The molecule has 0 aromatic carbocycles. The molecule has 1 N–H and O–H groups in total. The highest BCUT2D eigenvalue weighted by Gasteiger charge is 2.26. The average Bonchev–Trinajstić information content (AvgIpc) is 2.47. The van der Waals surface area contributed by atoms with E-state index < -0.39 is 0 Å². The molecule has 1 aromatic rings. The van der Waals surface area contributed by atoms with Crippen LogP contribution in [0.4, 0.5) is 0 Å². The molecule has 0 radical (unpaired) electrons. The van der Waals surface area contributed by atoms with Gasteiger partial charge in [0.2, 0.25) is 5.91 Å². The minimum Gasteiger partial charge on any atom is -0.393 e. The first-order valence-corrected chi connectivity index (χ1v) is 7.05. The van der Waals surface area contributed by atoms with Crippen LogP contribution in [-0.4, -0.2) is 40.1 Å². The number of aliphatic hydroxyl groups excluding tert-OH is 1. The molecule has 1 aliphatic heterocycles. The van der Waals surface area contributed by atoms with Gasteiger partial charge in [0.05, 0.1) is 12.5 Å². The second-order valence-electron chi connectivity index (χ2n) is 5.23. The number of hydrogen-bond donors (Lipinski definition) is 1. The number of carbonyl (C=O) groups is 1. The Balaban J connectivity index is 1.83. The van der Waals surface area contributed by atoms with Crippen LogP contribution in [-0.2, 0) is 11.2 Å². The highest BCUT2D eigenvalue weighted by Crippen LogP contribution is 2.22. The van der Waals surface area contributed by atoms with Crippen molar-refractivity contribution in [3.05, 3.63) is 30.1 Å². The largest absolute Gasteiger partial charge is 0.393 e. The molecular weight excluding hydrogens is 240 g/mol. The Morgan fingerprint density at radius 3 is 2.84 bits per heavy atom. The number of aliphatic hydroxyl groups is 1. The van der Waals surface area contributed by atoms with Crippen molar-refractivity contribution in [2.45, 2.75) is 38.7 Å². The topological polar surface area (TPSA) is 53.4 Å². The summed E-state index contributed by atoms with van der Waals surface area (Å²) in [5.74, 6) is 0.518. The van der Waals surface area contributed by atoms with Crippen molar-refractivity contribution in [2.75, 3.05) is 13.1 Å². The highest BCUT2D eigenvalue weighted by atomic mass is 16.3. The maximum absolute atomic E-state index is 12.1. The van der Waals surface area contributed by atoms with Crippen molar-refractivity contribution in [1.82, 2.24) is 9.88 Å². The van der Waals surface area contributed by atoms with E-state index in [9.17, 15) is 9.90 Å². The van der Waals surface area contributed by atoms with Gasteiger partial charge in [0.1, 0.15) is 0 Å². The van der Waals surface area contributed by atoms with Crippen molar-refractivity contribution >= 4 is 5.91 Å². The molecule has 0 bridgehead atoms. The van der Waals surface area contributed by atoms with Gasteiger partial charge in [0, 0.05) is 25.5 Å². The minimum absolute atomic E-state index is 0.164. The molecule has 0 saturated carbocycles. The lowest BCUT2D eigenvalue weighted by Gasteiger charge is -2.34. The fraction of sp³-hybridized carbons (Fsp3) is 0.600. The molecule has 1 fully saturated rings. The van der Waals surface area contributed by atoms with Crippen molar-refractivity contribution in [3.63, 3.8) is 0 Å². The Hall–Kier alpha value is -1.42. The Bertz CT molecular complexity index is 400. The quantitative estimate of drug-likeness (QED) is 0.897. The molecule has 2 rings (SSSR count). The van der Waals surface area contributed by atoms with E-state index in [2.05, 4.69) is 4.98 Å². The van der Waals surface area contributed by atoms with Gasteiger partial charge in [-0.1, -0.05) is 13.0 Å². The first kappa shape index (κ1) is 14.0. The van der Waals surface area contributed by atoms with Crippen LogP contribution < -0.4 is 0 Å². The zero-order valence-electron chi connectivity index (χ0n) is 11.5. The molecule has 1 unspecified atom stereocenters. The van der Waals surface area contributed by atoms with E-state index in [1.54, 1.807) is 12.4 Å². The first-order valence-electron chi connectivity index (χ1n) is 7.05. The number of amides is 1. The standard InChI is InChI=1S/C15H22N2O2/c1-2-14(18)13-5-8-17(9-6-13)15(19)10-12-4-3-7-16-11-12/h3-4,7,11,13-14,18H,2,5-6,8-10H2,1H3. The van der Waals surface area contributed by atoms with Gasteiger partial charge in [-0.05, 0) is 36.8 Å². The fourth-order valence-corrected chi connectivity index (χ4v) is 2.66. The summed E-state index contributed by atoms with van der Waals surface area (Å²) in [5.41, 5.74) is 0.961. The molecule has 2 heterocycles. The van der Waals surface area contributed by atoms with E-state index in [0.717, 1.165) is 37.9 Å². The zero-order valence-corrected chi connectivity index (χ0v) is 11.5. The molecule has 0 spiro atoms. The molecule has 1 atom stereocenters. The van der Waals surface area contributed by atoms with Crippen LogP contribution in [0.1, 0.15) is 31.7 Å². The van der Waals surface area contributed by atoms with Gasteiger partial charge in [-0.25, -0.2) is 0 Å². The fourth-order valence-electron chi connectivity index (χ4n) is 2.66. The summed E-state index contributed by atoms with van der Waals surface area (Å²) < 4.78 is 0. The van der Waals surface area contributed by atoms with Crippen molar-refractivity contribution in [1.29, 1.82) is 0 Å². The van der Waals surface area contributed by atoms with Gasteiger partial charge < -0.3 is 10.0 Å². The molecule has 19 heavy (non-hydrogen) atoms. The Morgan fingerprint density at radius 2 is 2.26 bits per heavy atom. The third-order valence-electron chi connectivity index (χ3n) is 3.93. The normalized spacial score (nSPS) is 18.3. The summed E-state index contributed by atoms with van der Waals surface area (Å²) in [5, 5.41) is 9.83. The number of rotatable bonds is 4. The Labute approximate surface area is 114 Å². The molecular formula is C15H22N2O2. The van der Waals surface area contributed by atoms with E-state index >= 15 is 0 Å². The number of carbonyl (C=O) groups excluding carboxylic acids is 1. The van der Waals surface area contributed by atoms with Crippen LogP contribution in [0.3, 0.4) is 0 Å². The number of hydrogen-bond acceptors (Lipinski definition) is 3.